The zero-order valence-corrected chi connectivity index (χ0v) is 12.7. The monoisotopic (exact) mass is 283 g/mol. The van der Waals surface area contributed by atoms with Crippen LogP contribution in [-0.4, -0.2) is 67.2 Å². The quantitative estimate of drug-likeness (QED) is 0.734. The number of hydrogen-bond acceptors (Lipinski definition) is 4. The van der Waals surface area contributed by atoms with Gasteiger partial charge in [0.2, 0.25) is 0 Å². The Morgan fingerprint density at radius 3 is 2.50 bits per heavy atom. The van der Waals surface area contributed by atoms with E-state index in [2.05, 4.69) is 4.90 Å². The fraction of sp³-hybridized carbons (Fsp3) is 0.933. The number of carbonyl (C=O) groups excluding carboxylic acids is 1. The molecule has 1 amide bonds. The minimum absolute atomic E-state index is 0.180. The van der Waals surface area contributed by atoms with Gasteiger partial charge in [-0.25, -0.2) is 0 Å². The van der Waals surface area contributed by atoms with Crippen molar-refractivity contribution in [3.63, 3.8) is 0 Å². The second-order valence-corrected chi connectivity index (χ2v) is 6.03. The maximum Gasteiger partial charge on any atom is 0.251 e. The molecule has 20 heavy (non-hydrogen) atoms. The largest absolute Gasteiger partial charge is 0.365 e. The lowest BCUT2D eigenvalue weighted by Crippen LogP contribution is -2.51. The van der Waals surface area contributed by atoms with E-state index >= 15 is 0 Å². The second kappa shape index (κ2) is 7.96. The fourth-order valence-electron chi connectivity index (χ4n) is 3.04. The van der Waals surface area contributed by atoms with Crippen molar-refractivity contribution in [3.05, 3.63) is 0 Å². The first kappa shape index (κ1) is 15.7. The lowest BCUT2D eigenvalue weighted by Gasteiger charge is -2.35. The smallest absolute Gasteiger partial charge is 0.251 e. The first-order valence-corrected chi connectivity index (χ1v) is 8.07. The standard InChI is InChI=1S/C15H29N3O2/c1-13-5-6-14(20-13)15(19)18-11-9-17(10-12-18)8-4-2-3-7-16/h13-14H,2-12,16H2,1H3. The van der Waals surface area contributed by atoms with Gasteiger partial charge in [0.25, 0.3) is 5.91 Å². The molecular weight excluding hydrogens is 254 g/mol. The molecule has 0 aliphatic carbocycles. The molecule has 0 aromatic heterocycles. The number of unbranched alkanes of at least 4 members (excludes halogenated alkanes) is 2. The third kappa shape index (κ3) is 4.43. The Balaban J connectivity index is 1.64. The summed E-state index contributed by atoms with van der Waals surface area (Å²) < 4.78 is 5.68. The van der Waals surface area contributed by atoms with Crippen molar-refractivity contribution in [2.45, 2.75) is 51.2 Å². The number of nitrogens with two attached hydrogens (primary N) is 1. The molecule has 0 aromatic rings. The summed E-state index contributed by atoms with van der Waals surface area (Å²) >= 11 is 0. The first-order valence-electron chi connectivity index (χ1n) is 8.07. The van der Waals surface area contributed by atoms with Crippen LogP contribution in [0.1, 0.15) is 39.0 Å². The van der Waals surface area contributed by atoms with Crippen LogP contribution >= 0.6 is 0 Å². The van der Waals surface area contributed by atoms with E-state index in [1.807, 2.05) is 11.8 Å². The maximum absolute atomic E-state index is 12.3. The normalized spacial score (nSPS) is 28.0. The van der Waals surface area contributed by atoms with Crippen LogP contribution < -0.4 is 5.73 Å². The Kier molecular flexibility index (Phi) is 6.26. The molecule has 0 spiro atoms. The lowest BCUT2D eigenvalue weighted by atomic mass is 10.1. The molecule has 5 heteroatoms. The number of rotatable bonds is 6. The Hall–Kier alpha value is -0.650. The summed E-state index contributed by atoms with van der Waals surface area (Å²) in [6, 6.07) is 0. The van der Waals surface area contributed by atoms with Gasteiger partial charge < -0.3 is 15.4 Å². The van der Waals surface area contributed by atoms with Crippen molar-refractivity contribution >= 4 is 5.91 Å². The van der Waals surface area contributed by atoms with Gasteiger partial charge in [-0.15, -0.1) is 0 Å². The van der Waals surface area contributed by atoms with Gasteiger partial charge in [0.1, 0.15) is 6.10 Å². The highest BCUT2D eigenvalue weighted by Crippen LogP contribution is 2.21. The summed E-state index contributed by atoms with van der Waals surface area (Å²) in [7, 11) is 0. The zero-order chi connectivity index (χ0) is 14.4. The third-order valence-corrected chi connectivity index (χ3v) is 4.37. The number of carbonyl (C=O) groups is 1. The summed E-state index contributed by atoms with van der Waals surface area (Å²) in [5.74, 6) is 0.206. The molecule has 2 saturated heterocycles. The molecule has 2 N–H and O–H groups in total. The molecule has 2 fully saturated rings. The van der Waals surface area contributed by atoms with Crippen molar-refractivity contribution in [3.8, 4) is 0 Å². The molecule has 0 radical (unpaired) electrons. The number of ether oxygens (including phenoxy) is 1. The summed E-state index contributed by atoms with van der Waals surface area (Å²) in [6.45, 7) is 7.68. The van der Waals surface area contributed by atoms with Crippen LogP contribution in [0.5, 0.6) is 0 Å². The molecule has 116 valence electrons. The minimum Gasteiger partial charge on any atom is -0.365 e. The maximum atomic E-state index is 12.3. The molecular formula is C15H29N3O2. The van der Waals surface area contributed by atoms with E-state index in [-0.39, 0.29) is 18.1 Å². The van der Waals surface area contributed by atoms with Crippen LogP contribution in [0.25, 0.3) is 0 Å². The van der Waals surface area contributed by atoms with Crippen LogP contribution in [-0.2, 0) is 9.53 Å². The summed E-state index contributed by atoms with van der Waals surface area (Å²) in [5, 5.41) is 0. The third-order valence-electron chi connectivity index (χ3n) is 4.37. The Morgan fingerprint density at radius 1 is 1.15 bits per heavy atom. The molecule has 2 heterocycles. The molecule has 2 rings (SSSR count). The molecule has 0 saturated carbocycles. The van der Waals surface area contributed by atoms with Gasteiger partial charge in [0.15, 0.2) is 0 Å². The van der Waals surface area contributed by atoms with Crippen molar-refractivity contribution < 1.29 is 9.53 Å². The van der Waals surface area contributed by atoms with Crippen molar-refractivity contribution in [1.29, 1.82) is 0 Å². The van der Waals surface area contributed by atoms with E-state index in [4.69, 9.17) is 10.5 Å². The van der Waals surface area contributed by atoms with Gasteiger partial charge >= 0.3 is 0 Å². The summed E-state index contributed by atoms with van der Waals surface area (Å²) in [5.41, 5.74) is 5.50. The van der Waals surface area contributed by atoms with Crippen molar-refractivity contribution in [2.24, 2.45) is 5.73 Å². The van der Waals surface area contributed by atoms with Crippen LogP contribution in [0.2, 0.25) is 0 Å². The Labute approximate surface area is 122 Å². The zero-order valence-electron chi connectivity index (χ0n) is 12.7. The van der Waals surface area contributed by atoms with E-state index in [1.165, 1.54) is 12.8 Å². The molecule has 5 nitrogen and oxygen atoms in total. The van der Waals surface area contributed by atoms with E-state index in [1.54, 1.807) is 0 Å². The summed E-state index contributed by atoms with van der Waals surface area (Å²) in [6.07, 6.45) is 5.51. The average Bonchev–Trinajstić information content (AvgIpc) is 2.90. The number of piperazine rings is 1. The Morgan fingerprint density at radius 2 is 1.90 bits per heavy atom. The van der Waals surface area contributed by atoms with E-state index in [9.17, 15) is 4.79 Å². The van der Waals surface area contributed by atoms with Gasteiger partial charge in [-0.1, -0.05) is 6.42 Å². The van der Waals surface area contributed by atoms with Crippen LogP contribution in [0.3, 0.4) is 0 Å². The van der Waals surface area contributed by atoms with Gasteiger partial charge in [-0.3, -0.25) is 9.69 Å². The van der Waals surface area contributed by atoms with Gasteiger partial charge in [-0.2, -0.15) is 0 Å². The number of nitrogens with zero attached hydrogens (tertiary/aromatic N) is 2. The van der Waals surface area contributed by atoms with Crippen LogP contribution in [0.15, 0.2) is 0 Å². The van der Waals surface area contributed by atoms with Crippen LogP contribution in [0.4, 0.5) is 0 Å². The molecule has 2 atom stereocenters. The van der Waals surface area contributed by atoms with E-state index in [0.717, 1.165) is 58.5 Å². The molecule has 2 unspecified atom stereocenters. The molecule has 0 bridgehead atoms. The molecule has 0 aromatic carbocycles. The summed E-state index contributed by atoms with van der Waals surface area (Å²) in [4.78, 5) is 16.8. The van der Waals surface area contributed by atoms with Gasteiger partial charge in [0.05, 0.1) is 6.10 Å². The van der Waals surface area contributed by atoms with Gasteiger partial charge in [0, 0.05) is 26.2 Å². The van der Waals surface area contributed by atoms with Crippen molar-refractivity contribution in [1.82, 2.24) is 9.80 Å². The lowest BCUT2D eigenvalue weighted by molar-refractivity contribution is -0.144. The minimum atomic E-state index is -0.180. The topological polar surface area (TPSA) is 58.8 Å². The molecule has 2 aliphatic rings. The van der Waals surface area contributed by atoms with Gasteiger partial charge in [-0.05, 0) is 45.7 Å². The first-order chi connectivity index (χ1) is 9.70. The predicted molar refractivity (Wildman–Crippen MR) is 79.5 cm³/mol. The molecule has 2 aliphatic heterocycles. The SMILES string of the molecule is CC1CCC(C(=O)N2CCN(CCCCCN)CC2)O1. The van der Waals surface area contributed by atoms with E-state index < -0.39 is 0 Å². The fourth-order valence-corrected chi connectivity index (χ4v) is 3.04. The van der Waals surface area contributed by atoms with Crippen LogP contribution in [0, 0.1) is 0 Å². The number of hydrogen-bond donors (Lipinski definition) is 1. The highest BCUT2D eigenvalue weighted by Gasteiger charge is 2.32. The average molecular weight is 283 g/mol. The Bertz CT molecular complexity index is 303. The highest BCUT2D eigenvalue weighted by atomic mass is 16.5. The predicted octanol–water partition coefficient (Wildman–Crippen LogP) is 0.827. The number of amides is 1. The van der Waals surface area contributed by atoms with Crippen molar-refractivity contribution in [2.75, 3.05) is 39.3 Å². The highest BCUT2D eigenvalue weighted by molar-refractivity contribution is 5.81. The second-order valence-electron chi connectivity index (χ2n) is 6.03. The van der Waals surface area contributed by atoms with E-state index in [0.29, 0.717) is 0 Å².